The van der Waals surface area contributed by atoms with E-state index in [0.717, 1.165) is 22.4 Å². The normalized spacial score (nSPS) is 17.1. The van der Waals surface area contributed by atoms with E-state index in [1.807, 2.05) is 37.3 Å². The zero-order chi connectivity index (χ0) is 17.3. The van der Waals surface area contributed by atoms with Gasteiger partial charge in [0.05, 0.1) is 5.25 Å². The Morgan fingerprint density at radius 3 is 2.62 bits per heavy atom. The molecule has 0 saturated heterocycles. The van der Waals surface area contributed by atoms with Crippen LogP contribution in [0.1, 0.15) is 30.5 Å². The Labute approximate surface area is 143 Å². The fraction of sp³-hybridized carbons (Fsp3) is 0.389. The van der Waals surface area contributed by atoms with Crippen molar-refractivity contribution in [2.75, 3.05) is 0 Å². The molecule has 0 saturated carbocycles. The summed E-state index contributed by atoms with van der Waals surface area (Å²) in [7, 11) is -3.25. The van der Waals surface area contributed by atoms with Crippen molar-refractivity contribution in [2.24, 2.45) is 0 Å². The van der Waals surface area contributed by atoms with Crippen LogP contribution >= 0.6 is 0 Å². The highest BCUT2D eigenvalue weighted by Gasteiger charge is 2.27. The van der Waals surface area contributed by atoms with Gasteiger partial charge in [-0.05, 0) is 68.5 Å². The van der Waals surface area contributed by atoms with Gasteiger partial charge < -0.3 is 4.74 Å². The average Bonchev–Trinajstić information content (AvgIpc) is 2.87. The van der Waals surface area contributed by atoms with Crippen LogP contribution < -0.4 is 9.46 Å². The Hall–Kier alpha value is -1.92. The number of nitrogens with one attached hydrogen (secondary N) is 1. The number of aryl methyl sites for hydroxylation is 1. The van der Waals surface area contributed by atoms with E-state index in [4.69, 9.17) is 4.74 Å². The molecule has 1 aromatic heterocycles. The van der Waals surface area contributed by atoms with E-state index in [1.54, 1.807) is 20.0 Å². The quantitative estimate of drug-likeness (QED) is 0.904. The van der Waals surface area contributed by atoms with Gasteiger partial charge in [-0.3, -0.25) is 0 Å². The van der Waals surface area contributed by atoms with Crippen molar-refractivity contribution in [3.63, 3.8) is 0 Å². The highest BCUT2D eigenvalue weighted by atomic mass is 32.2. The molecule has 0 aliphatic heterocycles. The zero-order valence-corrected chi connectivity index (χ0v) is 14.9. The summed E-state index contributed by atoms with van der Waals surface area (Å²) in [6.07, 6.45) is 3.11. The first-order valence-corrected chi connectivity index (χ1v) is 9.61. The second-order valence-corrected chi connectivity index (χ2v) is 8.79. The van der Waals surface area contributed by atoms with E-state index in [9.17, 15) is 8.42 Å². The highest BCUT2D eigenvalue weighted by Crippen LogP contribution is 2.29. The van der Waals surface area contributed by atoms with E-state index in [-0.39, 0.29) is 6.04 Å². The molecule has 0 radical (unpaired) electrons. The number of rotatable bonds is 5. The first kappa shape index (κ1) is 16.9. The van der Waals surface area contributed by atoms with Gasteiger partial charge in [-0.2, -0.15) is 0 Å². The molecule has 1 N–H and O–H groups in total. The van der Waals surface area contributed by atoms with Crippen LogP contribution in [0.3, 0.4) is 0 Å². The Morgan fingerprint density at radius 2 is 1.92 bits per heavy atom. The number of hydrogen-bond donors (Lipinski definition) is 1. The molecule has 1 aliphatic rings. The molecule has 24 heavy (non-hydrogen) atoms. The second kappa shape index (κ2) is 6.53. The fourth-order valence-electron chi connectivity index (χ4n) is 2.79. The van der Waals surface area contributed by atoms with Gasteiger partial charge in [-0.1, -0.05) is 6.07 Å². The molecule has 1 atom stereocenters. The minimum atomic E-state index is -3.25. The van der Waals surface area contributed by atoms with Crippen LogP contribution in [-0.4, -0.2) is 24.7 Å². The van der Waals surface area contributed by atoms with Crippen LogP contribution in [-0.2, 0) is 22.9 Å². The average molecular weight is 346 g/mol. The predicted octanol–water partition coefficient (Wildman–Crippen LogP) is 2.98. The molecule has 0 unspecified atom stereocenters. The van der Waals surface area contributed by atoms with Gasteiger partial charge in [0.15, 0.2) is 0 Å². The summed E-state index contributed by atoms with van der Waals surface area (Å²) in [6.45, 7) is 5.36. The van der Waals surface area contributed by atoms with Crippen molar-refractivity contribution in [2.45, 2.75) is 44.9 Å². The van der Waals surface area contributed by atoms with Crippen molar-refractivity contribution in [3.8, 4) is 11.6 Å². The topological polar surface area (TPSA) is 68.3 Å². The SMILES string of the molecule is Cc1ccnc(Oc2ccc3c(c2)C[C@@H](NS(=O)(=O)C(C)C)C3)c1. The van der Waals surface area contributed by atoms with E-state index >= 15 is 0 Å². The van der Waals surface area contributed by atoms with E-state index < -0.39 is 15.3 Å². The molecule has 6 heteroatoms. The molecule has 0 amide bonds. The number of nitrogens with zero attached hydrogens (tertiary/aromatic N) is 1. The van der Waals surface area contributed by atoms with Gasteiger partial charge in [-0.25, -0.2) is 18.1 Å². The van der Waals surface area contributed by atoms with Gasteiger partial charge >= 0.3 is 0 Å². The minimum absolute atomic E-state index is 0.0836. The summed E-state index contributed by atoms with van der Waals surface area (Å²) in [5.41, 5.74) is 3.37. The Morgan fingerprint density at radius 1 is 1.17 bits per heavy atom. The van der Waals surface area contributed by atoms with Crippen LogP contribution in [0.2, 0.25) is 0 Å². The number of fused-ring (bicyclic) bond motifs is 1. The monoisotopic (exact) mass is 346 g/mol. The maximum Gasteiger partial charge on any atom is 0.219 e. The lowest BCUT2D eigenvalue weighted by Crippen LogP contribution is -2.39. The summed E-state index contributed by atoms with van der Waals surface area (Å²) < 4.78 is 32.7. The van der Waals surface area contributed by atoms with Crippen LogP contribution in [0.5, 0.6) is 11.6 Å². The van der Waals surface area contributed by atoms with Crippen LogP contribution in [0, 0.1) is 6.92 Å². The molecule has 5 nitrogen and oxygen atoms in total. The third kappa shape index (κ3) is 3.76. The largest absolute Gasteiger partial charge is 0.439 e. The summed E-state index contributed by atoms with van der Waals surface area (Å²) >= 11 is 0. The predicted molar refractivity (Wildman–Crippen MR) is 93.9 cm³/mol. The molecule has 0 spiro atoms. The van der Waals surface area contributed by atoms with E-state index in [2.05, 4.69) is 9.71 Å². The number of sulfonamides is 1. The van der Waals surface area contributed by atoms with Gasteiger partial charge in [0.2, 0.25) is 15.9 Å². The number of benzene rings is 1. The van der Waals surface area contributed by atoms with Crippen molar-refractivity contribution in [1.82, 2.24) is 9.71 Å². The third-order valence-electron chi connectivity index (χ3n) is 4.17. The molecule has 0 bridgehead atoms. The molecule has 2 aromatic rings. The lowest BCUT2D eigenvalue weighted by Gasteiger charge is -2.14. The van der Waals surface area contributed by atoms with Crippen LogP contribution in [0.4, 0.5) is 0 Å². The minimum Gasteiger partial charge on any atom is -0.439 e. The summed E-state index contributed by atoms with van der Waals surface area (Å²) in [6, 6.07) is 9.60. The molecule has 0 fully saturated rings. The van der Waals surface area contributed by atoms with Crippen LogP contribution in [0.25, 0.3) is 0 Å². The highest BCUT2D eigenvalue weighted by molar-refractivity contribution is 7.90. The molecular formula is C18H22N2O3S. The summed E-state index contributed by atoms with van der Waals surface area (Å²) in [5.74, 6) is 1.28. The van der Waals surface area contributed by atoms with E-state index in [1.165, 1.54) is 0 Å². The van der Waals surface area contributed by atoms with Gasteiger partial charge in [-0.15, -0.1) is 0 Å². The number of aromatic nitrogens is 1. The van der Waals surface area contributed by atoms with Gasteiger partial charge in [0, 0.05) is 18.3 Å². The standard InChI is InChI=1S/C18H22N2O3S/c1-12(2)24(21,22)20-16-9-14-4-5-17(11-15(14)10-16)23-18-8-13(3)6-7-19-18/h4-8,11-12,16,20H,9-10H2,1-3H3/t16-/m0/s1. The Kier molecular flexibility index (Phi) is 4.60. The number of ether oxygens (including phenoxy) is 1. The van der Waals surface area contributed by atoms with Crippen LogP contribution in [0.15, 0.2) is 36.5 Å². The van der Waals surface area contributed by atoms with Gasteiger partial charge in [0.1, 0.15) is 5.75 Å². The number of pyridine rings is 1. The Balaban J connectivity index is 1.72. The maximum atomic E-state index is 12.0. The lowest BCUT2D eigenvalue weighted by molar-refractivity contribution is 0.462. The molecule has 1 aliphatic carbocycles. The smallest absolute Gasteiger partial charge is 0.219 e. The summed E-state index contributed by atoms with van der Waals surface area (Å²) in [5, 5.41) is -0.424. The van der Waals surface area contributed by atoms with Gasteiger partial charge in [0.25, 0.3) is 0 Å². The molecular weight excluding hydrogens is 324 g/mol. The van der Waals surface area contributed by atoms with Crippen molar-refractivity contribution < 1.29 is 13.2 Å². The van der Waals surface area contributed by atoms with Crippen molar-refractivity contribution in [3.05, 3.63) is 53.2 Å². The fourth-order valence-corrected chi connectivity index (χ4v) is 3.70. The second-order valence-electron chi connectivity index (χ2n) is 6.52. The molecule has 1 aromatic carbocycles. The molecule has 3 rings (SSSR count). The molecule has 1 heterocycles. The lowest BCUT2D eigenvalue weighted by atomic mass is 10.1. The van der Waals surface area contributed by atoms with Crippen molar-refractivity contribution >= 4 is 10.0 Å². The molecule has 128 valence electrons. The Bertz CT molecular complexity index is 847. The van der Waals surface area contributed by atoms with Crippen molar-refractivity contribution in [1.29, 1.82) is 0 Å². The first-order valence-electron chi connectivity index (χ1n) is 8.07. The third-order valence-corrected chi connectivity index (χ3v) is 6.08. The zero-order valence-electron chi connectivity index (χ0n) is 14.1. The first-order chi connectivity index (χ1) is 11.3. The number of hydrogen-bond acceptors (Lipinski definition) is 4. The summed E-state index contributed by atoms with van der Waals surface area (Å²) in [4.78, 5) is 4.20. The van der Waals surface area contributed by atoms with E-state index in [0.29, 0.717) is 18.7 Å². The maximum absolute atomic E-state index is 12.0.